The van der Waals surface area contributed by atoms with E-state index in [4.69, 9.17) is 0 Å². The van der Waals surface area contributed by atoms with E-state index >= 15 is 0 Å². The molecule has 0 N–H and O–H groups in total. The Kier molecular flexibility index (Phi) is 4.40. The summed E-state index contributed by atoms with van der Waals surface area (Å²) in [5.74, 6) is -0.0562. The molecule has 0 saturated carbocycles. The van der Waals surface area contributed by atoms with Crippen LogP contribution in [0.3, 0.4) is 0 Å². The molecular formula is C12H14F2O. The zero-order valence-corrected chi connectivity index (χ0v) is 8.67. The number of ketones is 1. The van der Waals surface area contributed by atoms with E-state index in [0.29, 0.717) is 12.0 Å². The van der Waals surface area contributed by atoms with Gasteiger partial charge in [0.15, 0.2) is 5.78 Å². The van der Waals surface area contributed by atoms with Crippen LogP contribution in [0, 0.1) is 0 Å². The number of halogens is 2. The van der Waals surface area contributed by atoms with Crippen LogP contribution in [0.15, 0.2) is 24.3 Å². The summed E-state index contributed by atoms with van der Waals surface area (Å²) in [7, 11) is 0. The van der Waals surface area contributed by atoms with Gasteiger partial charge in [0.1, 0.15) is 0 Å². The van der Waals surface area contributed by atoms with Gasteiger partial charge in [-0.2, -0.15) is 0 Å². The van der Waals surface area contributed by atoms with Gasteiger partial charge in [-0.3, -0.25) is 4.79 Å². The van der Waals surface area contributed by atoms with Crippen LogP contribution < -0.4 is 0 Å². The number of alkyl halides is 2. The average molecular weight is 212 g/mol. The maximum atomic E-state index is 12.4. The van der Waals surface area contributed by atoms with Gasteiger partial charge in [-0.15, -0.1) is 0 Å². The number of hydrogen-bond donors (Lipinski definition) is 0. The molecule has 1 rings (SSSR count). The van der Waals surface area contributed by atoms with Crippen molar-refractivity contribution < 1.29 is 13.6 Å². The van der Waals surface area contributed by atoms with Gasteiger partial charge in [-0.25, -0.2) is 8.78 Å². The van der Waals surface area contributed by atoms with Crippen molar-refractivity contribution >= 4 is 5.78 Å². The lowest BCUT2D eigenvalue weighted by Crippen LogP contribution is -1.99. The Hall–Kier alpha value is -1.25. The quantitative estimate of drug-likeness (QED) is 0.674. The Morgan fingerprint density at radius 3 is 2.73 bits per heavy atom. The minimum atomic E-state index is -2.51. The highest BCUT2D eigenvalue weighted by Crippen LogP contribution is 2.20. The molecular weight excluding hydrogens is 198 g/mol. The van der Waals surface area contributed by atoms with E-state index in [-0.39, 0.29) is 11.3 Å². The number of hydrogen-bond acceptors (Lipinski definition) is 1. The maximum absolute atomic E-state index is 12.4. The minimum Gasteiger partial charge on any atom is -0.294 e. The second-order valence-corrected chi connectivity index (χ2v) is 3.45. The van der Waals surface area contributed by atoms with E-state index in [0.717, 1.165) is 12.8 Å². The van der Waals surface area contributed by atoms with Crippen LogP contribution in [0.5, 0.6) is 0 Å². The van der Waals surface area contributed by atoms with Crippen molar-refractivity contribution in [1.82, 2.24) is 0 Å². The summed E-state index contributed by atoms with van der Waals surface area (Å²) in [5, 5.41) is 0. The number of unbranched alkanes of at least 4 members (excludes halogenated alkanes) is 1. The molecule has 0 bridgehead atoms. The molecule has 0 aliphatic heterocycles. The third kappa shape index (κ3) is 3.42. The molecule has 82 valence electrons. The molecule has 1 aromatic carbocycles. The first-order chi connectivity index (χ1) is 7.15. The summed E-state index contributed by atoms with van der Waals surface area (Å²) < 4.78 is 24.7. The Balaban J connectivity index is 2.76. The van der Waals surface area contributed by atoms with Gasteiger partial charge in [0, 0.05) is 17.5 Å². The predicted octanol–water partition coefficient (Wildman–Crippen LogP) is 4.00. The first-order valence-electron chi connectivity index (χ1n) is 5.06. The van der Waals surface area contributed by atoms with Crippen molar-refractivity contribution in [3.8, 4) is 0 Å². The van der Waals surface area contributed by atoms with Crippen molar-refractivity contribution in [2.24, 2.45) is 0 Å². The maximum Gasteiger partial charge on any atom is 0.263 e. The van der Waals surface area contributed by atoms with Crippen molar-refractivity contribution in [2.75, 3.05) is 0 Å². The molecule has 3 heteroatoms. The van der Waals surface area contributed by atoms with Gasteiger partial charge in [0.25, 0.3) is 6.43 Å². The zero-order valence-electron chi connectivity index (χ0n) is 8.67. The second kappa shape index (κ2) is 5.59. The SMILES string of the molecule is CCCCC(=O)c1cccc(C(F)F)c1. The van der Waals surface area contributed by atoms with E-state index in [1.54, 1.807) is 6.07 Å². The van der Waals surface area contributed by atoms with Gasteiger partial charge in [0.2, 0.25) is 0 Å². The molecule has 0 aliphatic carbocycles. The monoisotopic (exact) mass is 212 g/mol. The van der Waals surface area contributed by atoms with Crippen LogP contribution in [0.4, 0.5) is 8.78 Å². The lowest BCUT2D eigenvalue weighted by molar-refractivity contribution is 0.0979. The largest absolute Gasteiger partial charge is 0.294 e. The van der Waals surface area contributed by atoms with Gasteiger partial charge in [-0.05, 0) is 12.5 Å². The molecule has 0 spiro atoms. The standard InChI is InChI=1S/C12H14F2O/c1-2-3-7-11(15)9-5-4-6-10(8-9)12(13)14/h4-6,8,12H,2-3,7H2,1H3. The summed E-state index contributed by atoms with van der Waals surface area (Å²) in [6.07, 6.45) is -0.342. The Labute approximate surface area is 88.1 Å². The summed E-state index contributed by atoms with van der Waals surface area (Å²) >= 11 is 0. The van der Waals surface area contributed by atoms with Crippen LogP contribution in [0.25, 0.3) is 0 Å². The molecule has 0 atom stereocenters. The molecule has 0 heterocycles. The van der Waals surface area contributed by atoms with Crippen molar-refractivity contribution in [1.29, 1.82) is 0 Å². The van der Waals surface area contributed by atoms with Crippen LogP contribution in [0.1, 0.15) is 48.5 Å². The normalized spacial score (nSPS) is 10.7. The third-order valence-corrected chi connectivity index (χ3v) is 2.22. The first-order valence-corrected chi connectivity index (χ1v) is 5.06. The van der Waals surface area contributed by atoms with E-state index in [1.807, 2.05) is 6.92 Å². The molecule has 0 unspecified atom stereocenters. The van der Waals surface area contributed by atoms with Crippen molar-refractivity contribution in [2.45, 2.75) is 32.6 Å². The Morgan fingerprint density at radius 2 is 2.13 bits per heavy atom. The van der Waals surface area contributed by atoms with Crippen molar-refractivity contribution in [3.63, 3.8) is 0 Å². The molecule has 0 saturated heterocycles. The third-order valence-electron chi connectivity index (χ3n) is 2.22. The second-order valence-electron chi connectivity index (χ2n) is 3.45. The summed E-state index contributed by atoms with van der Waals surface area (Å²) in [5.41, 5.74) is 0.304. The zero-order chi connectivity index (χ0) is 11.3. The van der Waals surface area contributed by atoms with Gasteiger partial charge in [0.05, 0.1) is 0 Å². The molecule has 0 aliphatic rings. The van der Waals surface area contributed by atoms with E-state index < -0.39 is 6.43 Å². The fraction of sp³-hybridized carbons (Fsp3) is 0.417. The molecule has 0 radical (unpaired) electrons. The van der Waals surface area contributed by atoms with E-state index in [2.05, 4.69) is 0 Å². The van der Waals surface area contributed by atoms with Crippen LogP contribution in [0.2, 0.25) is 0 Å². The molecule has 0 fully saturated rings. The summed E-state index contributed by atoms with van der Waals surface area (Å²) in [6, 6.07) is 5.70. The lowest BCUT2D eigenvalue weighted by Gasteiger charge is -2.03. The fourth-order valence-electron chi connectivity index (χ4n) is 1.33. The molecule has 1 nitrogen and oxygen atoms in total. The molecule has 1 aromatic rings. The number of benzene rings is 1. The molecule has 0 aromatic heterocycles. The smallest absolute Gasteiger partial charge is 0.263 e. The highest BCUT2D eigenvalue weighted by molar-refractivity contribution is 5.96. The fourth-order valence-corrected chi connectivity index (χ4v) is 1.33. The number of Topliss-reactive ketones (excluding diaryl/α,β-unsaturated/α-hetero) is 1. The van der Waals surface area contributed by atoms with Crippen LogP contribution in [-0.4, -0.2) is 5.78 Å². The minimum absolute atomic E-state index is 0.0562. The number of carbonyl (C=O) groups is 1. The predicted molar refractivity (Wildman–Crippen MR) is 55.3 cm³/mol. The van der Waals surface area contributed by atoms with E-state index in [1.165, 1.54) is 18.2 Å². The van der Waals surface area contributed by atoms with Crippen LogP contribution in [-0.2, 0) is 0 Å². The van der Waals surface area contributed by atoms with Crippen LogP contribution >= 0.6 is 0 Å². The molecule has 0 amide bonds. The Morgan fingerprint density at radius 1 is 1.40 bits per heavy atom. The topological polar surface area (TPSA) is 17.1 Å². The first kappa shape index (κ1) is 11.8. The average Bonchev–Trinajstić information content (AvgIpc) is 2.26. The molecule has 15 heavy (non-hydrogen) atoms. The summed E-state index contributed by atoms with van der Waals surface area (Å²) in [4.78, 5) is 11.5. The van der Waals surface area contributed by atoms with Gasteiger partial charge >= 0.3 is 0 Å². The van der Waals surface area contributed by atoms with Gasteiger partial charge in [-0.1, -0.05) is 31.5 Å². The van der Waals surface area contributed by atoms with Gasteiger partial charge < -0.3 is 0 Å². The highest BCUT2D eigenvalue weighted by atomic mass is 19.3. The van der Waals surface area contributed by atoms with E-state index in [9.17, 15) is 13.6 Å². The summed E-state index contributed by atoms with van der Waals surface area (Å²) in [6.45, 7) is 1.99. The Bertz CT molecular complexity index is 334. The lowest BCUT2D eigenvalue weighted by atomic mass is 10.0. The van der Waals surface area contributed by atoms with Crippen molar-refractivity contribution in [3.05, 3.63) is 35.4 Å². The highest BCUT2D eigenvalue weighted by Gasteiger charge is 2.10. The number of carbonyl (C=O) groups excluding carboxylic acids is 1. The number of rotatable bonds is 5.